The fourth-order valence-electron chi connectivity index (χ4n) is 3.61. The van der Waals surface area contributed by atoms with E-state index in [4.69, 9.17) is 14.2 Å². The predicted molar refractivity (Wildman–Crippen MR) is 82.0 cm³/mol. The average Bonchev–Trinajstić information content (AvgIpc) is 2.46. The van der Waals surface area contributed by atoms with Crippen molar-refractivity contribution < 1.29 is 14.2 Å². The highest BCUT2D eigenvalue weighted by molar-refractivity contribution is 5.44. The van der Waals surface area contributed by atoms with Gasteiger partial charge in [-0.25, -0.2) is 0 Å². The number of rotatable bonds is 3. The molecule has 1 aromatic carbocycles. The third-order valence-electron chi connectivity index (χ3n) is 4.57. The maximum Gasteiger partial charge on any atom is 0.128 e. The molecule has 4 heteroatoms. The van der Waals surface area contributed by atoms with Gasteiger partial charge >= 0.3 is 0 Å². The summed E-state index contributed by atoms with van der Waals surface area (Å²) in [5, 5.41) is 3.60. The molecule has 1 spiro atoms. The summed E-state index contributed by atoms with van der Waals surface area (Å²) in [5.74, 6) is 1.81. The topological polar surface area (TPSA) is 39.7 Å². The van der Waals surface area contributed by atoms with Crippen molar-refractivity contribution in [1.29, 1.82) is 0 Å². The van der Waals surface area contributed by atoms with E-state index in [1.54, 1.807) is 7.11 Å². The summed E-state index contributed by atoms with van der Waals surface area (Å²) in [6, 6.07) is 6.49. The van der Waals surface area contributed by atoms with E-state index in [1.165, 1.54) is 5.56 Å². The minimum Gasteiger partial charge on any atom is -0.497 e. The predicted octanol–water partition coefficient (Wildman–Crippen LogP) is 3.07. The lowest BCUT2D eigenvalue weighted by molar-refractivity contribution is -0.0967. The van der Waals surface area contributed by atoms with Gasteiger partial charge in [0.15, 0.2) is 0 Å². The van der Waals surface area contributed by atoms with Gasteiger partial charge in [-0.15, -0.1) is 0 Å². The average molecular weight is 291 g/mol. The monoisotopic (exact) mass is 291 g/mol. The van der Waals surface area contributed by atoms with Crippen LogP contribution in [0.1, 0.15) is 44.7 Å². The Labute approximate surface area is 126 Å². The van der Waals surface area contributed by atoms with E-state index in [1.807, 2.05) is 12.1 Å². The Kier molecular flexibility index (Phi) is 4.09. The first-order valence-corrected chi connectivity index (χ1v) is 7.88. The Balaban J connectivity index is 1.94. The lowest BCUT2D eigenvalue weighted by atomic mass is 9.80. The van der Waals surface area contributed by atoms with Crippen LogP contribution in [0.2, 0.25) is 0 Å². The van der Waals surface area contributed by atoms with E-state index in [-0.39, 0.29) is 11.7 Å². The van der Waals surface area contributed by atoms with Gasteiger partial charge in [0.25, 0.3) is 0 Å². The number of benzene rings is 1. The molecule has 116 valence electrons. The van der Waals surface area contributed by atoms with Gasteiger partial charge in [0.05, 0.1) is 19.8 Å². The molecule has 0 amide bonds. The highest BCUT2D eigenvalue weighted by Crippen LogP contribution is 2.46. The molecule has 1 fully saturated rings. The van der Waals surface area contributed by atoms with Crippen LogP contribution in [0.15, 0.2) is 18.2 Å². The van der Waals surface area contributed by atoms with Crippen molar-refractivity contribution in [1.82, 2.24) is 5.32 Å². The molecule has 0 bridgehead atoms. The first kappa shape index (κ1) is 14.7. The summed E-state index contributed by atoms with van der Waals surface area (Å²) in [4.78, 5) is 0. The highest BCUT2D eigenvalue weighted by Gasteiger charge is 2.44. The Morgan fingerprint density at radius 1 is 1.38 bits per heavy atom. The molecule has 2 heterocycles. The van der Waals surface area contributed by atoms with Crippen LogP contribution in [0.4, 0.5) is 0 Å². The van der Waals surface area contributed by atoms with Crippen molar-refractivity contribution in [3.8, 4) is 11.5 Å². The number of methoxy groups -OCH3 is 1. The summed E-state index contributed by atoms with van der Waals surface area (Å²) in [6.45, 7) is 6.02. The zero-order valence-electron chi connectivity index (χ0n) is 13.1. The highest BCUT2D eigenvalue weighted by atomic mass is 16.5. The molecular weight excluding hydrogens is 266 g/mol. The third-order valence-corrected chi connectivity index (χ3v) is 4.57. The molecule has 1 N–H and O–H groups in total. The van der Waals surface area contributed by atoms with Crippen molar-refractivity contribution in [2.75, 3.05) is 20.3 Å². The fourth-order valence-corrected chi connectivity index (χ4v) is 3.61. The van der Waals surface area contributed by atoms with Crippen LogP contribution >= 0.6 is 0 Å². The van der Waals surface area contributed by atoms with Gasteiger partial charge < -0.3 is 19.5 Å². The summed E-state index contributed by atoms with van der Waals surface area (Å²) in [7, 11) is 1.69. The molecule has 0 aromatic heterocycles. The molecule has 2 aliphatic heterocycles. The zero-order chi connectivity index (χ0) is 14.9. The normalized spacial score (nSPS) is 31.6. The fraction of sp³-hybridized carbons (Fsp3) is 0.647. The van der Waals surface area contributed by atoms with Gasteiger partial charge in [-0.2, -0.15) is 0 Å². The van der Waals surface area contributed by atoms with Crippen LogP contribution in [-0.2, 0) is 4.74 Å². The maximum absolute atomic E-state index is 6.45. The van der Waals surface area contributed by atoms with E-state index in [9.17, 15) is 0 Å². The first-order valence-electron chi connectivity index (χ1n) is 7.88. The van der Waals surface area contributed by atoms with Crippen LogP contribution < -0.4 is 14.8 Å². The first-order chi connectivity index (χ1) is 10.2. The largest absolute Gasteiger partial charge is 0.497 e. The zero-order valence-corrected chi connectivity index (χ0v) is 13.1. The van der Waals surface area contributed by atoms with Gasteiger partial charge in [-0.05, 0) is 19.5 Å². The lowest BCUT2D eigenvalue weighted by Crippen LogP contribution is -2.49. The van der Waals surface area contributed by atoms with Crippen molar-refractivity contribution in [2.45, 2.75) is 50.9 Å². The van der Waals surface area contributed by atoms with Gasteiger partial charge in [-0.3, -0.25) is 0 Å². The van der Waals surface area contributed by atoms with E-state index in [0.717, 1.165) is 43.9 Å². The van der Waals surface area contributed by atoms with Crippen molar-refractivity contribution >= 4 is 0 Å². The quantitative estimate of drug-likeness (QED) is 0.929. The molecule has 2 aliphatic rings. The standard InChI is InChI=1S/C17H25NO3/c1-4-18-15-11-17(7-8-20-12(2)10-17)21-16-9-13(19-3)5-6-14(15)16/h5-6,9,12,15,18H,4,7-8,10-11H2,1-3H3. The van der Waals surface area contributed by atoms with Crippen molar-refractivity contribution in [3.05, 3.63) is 23.8 Å². The van der Waals surface area contributed by atoms with Gasteiger partial charge in [0, 0.05) is 36.9 Å². The minimum absolute atomic E-state index is 0.107. The third kappa shape index (κ3) is 2.87. The second-order valence-corrected chi connectivity index (χ2v) is 6.14. The van der Waals surface area contributed by atoms with Crippen LogP contribution in [0, 0.1) is 0 Å². The van der Waals surface area contributed by atoms with Gasteiger partial charge in [0.1, 0.15) is 17.1 Å². The second-order valence-electron chi connectivity index (χ2n) is 6.14. The molecule has 0 aliphatic carbocycles. The summed E-state index contributed by atoms with van der Waals surface area (Å²) >= 11 is 0. The molecule has 0 saturated carbocycles. The molecule has 3 unspecified atom stereocenters. The summed E-state index contributed by atoms with van der Waals surface area (Å²) < 4.78 is 17.5. The smallest absolute Gasteiger partial charge is 0.128 e. The lowest BCUT2D eigenvalue weighted by Gasteiger charge is -2.46. The number of ether oxygens (including phenoxy) is 3. The number of fused-ring (bicyclic) bond motifs is 1. The Bertz CT molecular complexity index is 505. The second kappa shape index (κ2) is 5.85. The SMILES string of the molecule is CCNC1CC2(CCOC(C)C2)Oc2cc(OC)ccc21. The Morgan fingerprint density at radius 3 is 2.95 bits per heavy atom. The van der Waals surface area contributed by atoms with Crippen molar-refractivity contribution in [2.24, 2.45) is 0 Å². The van der Waals surface area contributed by atoms with E-state index >= 15 is 0 Å². The van der Waals surface area contributed by atoms with Crippen LogP contribution in [0.5, 0.6) is 11.5 Å². The van der Waals surface area contributed by atoms with Crippen LogP contribution in [-0.4, -0.2) is 32.0 Å². The van der Waals surface area contributed by atoms with E-state index < -0.39 is 0 Å². The Morgan fingerprint density at radius 2 is 2.24 bits per heavy atom. The summed E-state index contributed by atoms with van der Waals surface area (Å²) in [5.41, 5.74) is 1.13. The molecule has 0 radical (unpaired) electrons. The molecule has 1 aromatic rings. The molecular formula is C17H25NO3. The van der Waals surface area contributed by atoms with Crippen LogP contribution in [0.25, 0.3) is 0 Å². The number of hydrogen-bond donors (Lipinski definition) is 1. The molecule has 1 saturated heterocycles. The van der Waals surface area contributed by atoms with Gasteiger partial charge in [-0.1, -0.05) is 13.0 Å². The molecule has 4 nitrogen and oxygen atoms in total. The van der Waals surface area contributed by atoms with Crippen molar-refractivity contribution in [3.63, 3.8) is 0 Å². The van der Waals surface area contributed by atoms with E-state index in [2.05, 4.69) is 25.2 Å². The van der Waals surface area contributed by atoms with Crippen LogP contribution in [0.3, 0.4) is 0 Å². The minimum atomic E-state index is -0.107. The molecule has 3 atom stereocenters. The Hall–Kier alpha value is -1.26. The number of nitrogens with one attached hydrogen (secondary N) is 1. The summed E-state index contributed by atoms with van der Waals surface area (Å²) in [6.07, 6.45) is 3.17. The maximum atomic E-state index is 6.45. The van der Waals surface area contributed by atoms with Gasteiger partial charge in [0.2, 0.25) is 0 Å². The number of hydrogen-bond acceptors (Lipinski definition) is 4. The molecule has 3 rings (SSSR count). The molecule has 21 heavy (non-hydrogen) atoms. The van der Waals surface area contributed by atoms with E-state index in [0.29, 0.717) is 6.04 Å².